The quantitative estimate of drug-likeness (QED) is 0.791. The Bertz CT molecular complexity index is 819. The van der Waals surface area contributed by atoms with Crippen molar-refractivity contribution in [3.05, 3.63) is 54.1 Å². The van der Waals surface area contributed by atoms with Crippen LogP contribution in [-0.2, 0) is 14.8 Å². The molecule has 1 atom stereocenters. The Labute approximate surface area is 128 Å². The van der Waals surface area contributed by atoms with Crippen LogP contribution >= 0.6 is 0 Å². The molecule has 3 N–H and O–H groups in total. The molecule has 1 unspecified atom stereocenters. The van der Waals surface area contributed by atoms with Crippen LogP contribution in [0.1, 0.15) is 18.7 Å². The molecular weight excluding hydrogens is 302 g/mol. The maximum absolute atomic E-state index is 12.4. The fourth-order valence-corrected chi connectivity index (χ4v) is 3.68. The molecule has 114 valence electrons. The fourth-order valence-electron chi connectivity index (χ4n) is 2.35. The average molecular weight is 317 g/mol. The summed E-state index contributed by atoms with van der Waals surface area (Å²) >= 11 is 0. The van der Waals surface area contributed by atoms with Crippen LogP contribution in [0.15, 0.2) is 53.4 Å². The normalized spacial score (nSPS) is 18.9. The predicted molar refractivity (Wildman–Crippen MR) is 83.9 cm³/mol. The van der Waals surface area contributed by atoms with Crippen molar-refractivity contribution in [2.24, 2.45) is 0 Å². The van der Waals surface area contributed by atoms with Crippen molar-refractivity contribution in [1.29, 1.82) is 0 Å². The molecule has 3 rings (SSSR count). The number of carbonyl (C=O) groups excluding carboxylic acids is 1. The van der Waals surface area contributed by atoms with Gasteiger partial charge in [0.15, 0.2) is 0 Å². The molecule has 1 aliphatic heterocycles. The van der Waals surface area contributed by atoms with Crippen LogP contribution in [0.5, 0.6) is 0 Å². The van der Waals surface area contributed by atoms with Gasteiger partial charge in [-0.25, -0.2) is 8.42 Å². The Kier molecular flexibility index (Phi) is 3.59. The molecule has 0 saturated heterocycles. The number of rotatable bonds is 2. The Morgan fingerprint density at radius 2 is 1.86 bits per heavy atom. The van der Waals surface area contributed by atoms with Crippen LogP contribution in [0.4, 0.5) is 11.4 Å². The van der Waals surface area contributed by atoms with Gasteiger partial charge in [-0.3, -0.25) is 4.79 Å². The number of fused-ring (bicyclic) bond motifs is 1. The monoisotopic (exact) mass is 317 g/mol. The van der Waals surface area contributed by atoms with Gasteiger partial charge in [0, 0.05) is 12.6 Å². The summed E-state index contributed by atoms with van der Waals surface area (Å²) in [6, 6.07) is 14.0. The number of benzene rings is 2. The van der Waals surface area contributed by atoms with Crippen LogP contribution in [0.3, 0.4) is 0 Å². The highest BCUT2D eigenvalue weighted by molar-refractivity contribution is 7.89. The number of anilines is 2. The van der Waals surface area contributed by atoms with Crippen molar-refractivity contribution in [2.45, 2.75) is 18.0 Å². The minimum absolute atomic E-state index is 0.117. The van der Waals surface area contributed by atoms with Gasteiger partial charge in [-0.2, -0.15) is 4.72 Å². The number of hydrogen-bond acceptors (Lipinski definition) is 4. The van der Waals surface area contributed by atoms with Crippen LogP contribution in [0.25, 0.3) is 0 Å². The highest BCUT2D eigenvalue weighted by Gasteiger charge is 2.30. The SMILES string of the molecule is CC(=O)Nc1ccc2c(c1)S(=O)(=O)NC(c1ccccc1)N2. The van der Waals surface area contributed by atoms with E-state index in [4.69, 9.17) is 0 Å². The molecule has 0 radical (unpaired) electrons. The molecule has 2 aromatic carbocycles. The first kappa shape index (κ1) is 14.6. The Morgan fingerprint density at radius 1 is 1.14 bits per heavy atom. The Balaban J connectivity index is 1.99. The molecule has 0 saturated carbocycles. The van der Waals surface area contributed by atoms with Crippen LogP contribution in [-0.4, -0.2) is 14.3 Å². The zero-order valence-electron chi connectivity index (χ0n) is 11.8. The lowest BCUT2D eigenvalue weighted by molar-refractivity contribution is -0.114. The van der Waals surface area contributed by atoms with Crippen molar-refractivity contribution in [1.82, 2.24) is 4.72 Å². The molecule has 0 spiro atoms. The number of hydrogen-bond donors (Lipinski definition) is 3. The third-order valence-corrected chi connectivity index (χ3v) is 4.76. The first-order valence-electron chi connectivity index (χ1n) is 6.71. The lowest BCUT2D eigenvalue weighted by Crippen LogP contribution is -2.38. The maximum Gasteiger partial charge on any atom is 0.244 e. The summed E-state index contributed by atoms with van der Waals surface area (Å²) in [4.78, 5) is 11.2. The van der Waals surface area contributed by atoms with E-state index in [9.17, 15) is 13.2 Å². The molecule has 22 heavy (non-hydrogen) atoms. The maximum atomic E-state index is 12.4. The van der Waals surface area contributed by atoms with E-state index in [1.807, 2.05) is 30.3 Å². The van der Waals surface area contributed by atoms with Crippen molar-refractivity contribution in [3.63, 3.8) is 0 Å². The molecule has 1 heterocycles. The molecule has 0 bridgehead atoms. The molecule has 6 nitrogen and oxygen atoms in total. The number of carbonyl (C=O) groups is 1. The standard InChI is InChI=1S/C15H15N3O3S/c1-10(19)16-12-7-8-13-14(9-12)22(20,21)18-15(17-13)11-5-3-2-4-6-11/h2-9,15,17-18H,1H3,(H,16,19). The van der Waals surface area contributed by atoms with E-state index in [0.29, 0.717) is 11.4 Å². The summed E-state index contributed by atoms with van der Waals surface area (Å²) in [5, 5.41) is 5.72. The van der Waals surface area contributed by atoms with E-state index in [1.54, 1.807) is 12.1 Å². The van der Waals surface area contributed by atoms with E-state index in [-0.39, 0.29) is 10.8 Å². The minimum Gasteiger partial charge on any atom is -0.364 e. The van der Waals surface area contributed by atoms with E-state index in [0.717, 1.165) is 5.56 Å². The van der Waals surface area contributed by atoms with Crippen molar-refractivity contribution < 1.29 is 13.2 Å². The summed E-state index contributed by atoms with van der Waals surface area (Å²) in [5.74, 6) is -0.253. The van der Waals surface area contributed by atoms with Gasteiger partial charge in [0.1, 0.15) is 11.1 Å². The van der Waals surface area contributed by atoms with Gasteiger partial charge in [0.05, 0.1) is 5.69 Å². The van der Waals surface area contributed by atoms with Crippen LogP contribution in [0.2, 0.25) is 0 Å². The van der Waals surface area contributed by atoms with Crippen molar-refractivity contribution in [2.75, 3.05) is 10.6 Å². The second kappa shape index (κ2) is 5.43. The summed E-state index contributed by atoms with van der Waals surface area (Å²) in [6.07, 6.45) is -0.523. The lowest BCUT2D eigenvalue weighted by Gasteiger charge is -2.28. The first-order valence-corrected chi connectivity index (χ1v) is 8.19. The molecule has 0 fully saturated rings. The predicted octanol–water partition coefficient (Wildman–Crippen LogP) is 2.05. The van der Waals surface area contributed by atoms with E-state index in [1.165, 1.54) is 13.0 Å². The van der Waals surface area contributed by atoms with E-state index >= 15 is 0 Å². The van der Waals surface area contributed by atoms with Gasteiger partial charge in [0.2, 0.25) is 15.9 Å². The molecule has 1 aliphatic rings. The summed E-state index contributed by atoms with van der Waals surface area (Å²) in [6.45, 7) is 1.37. The van der Waals surface area contributed by atoms with Gasteiger partial charge in [-0.15, -0.1) is 0 Å². The molecule has 0 aromatic heterocycles. The van der Waals surface area contributed by atoms with Gasteiger partial charge in [-0.1, -0.05) is 30.3 Å². The van der Waals surface area contributed by atoms with Gasteiger partial charge >= 0.3 is 0 Å². The van der Waals surface area contributed by atoms with Gasteiger partial charge in [0.25, 0.3) is 0 Å². The highest BCUT2D eigenvalue weighted by Crippen LogP contribution is 2.32. The zero-order valence-corrected chi connectivity index (χ0v) is 12.6. The molecule has 1 amide bonds. The number of nitrogens with one attached hydrogen (secondary N) is 3. The Hall–Kier alpha value is -2.38. The Morgan fingerprint density at radius 3 is 2.55 bits per heavy atom. The van der Waals surface area contributed by atoms with Gasteiger partial charge < -0.3 is 10.6 Å². The summed E-state index contributed by atoms with van der Waals surface area (Å²) in [5.41, 5.74) is 1.76. The molecule has 0 aliphatic carbocycles. The van der Waals surface area contributed by atoms with Gasteiger partial charge in [-0.05, 0) is 23.8 Å². The summed E-state index contributed by atoms with van der Waals surface area (Å²) < 4.78 is 27.5. The third kappa shape index (κ3) is 2.81. The number of amides is 1. The summed E-state index contributed by atoms with van der Waals surface area (Å²) in [7, 11) is -3.66. The average Bonchev–Trinajstić information content (AvgIpc) is 2.47. The van der Waals surface area contributed by atoms with E-state index < -0.39 is 16.2 Å². The van der Waals surface area contributed by atoms with Crippen LogP contribution < -0.4 is 15.4 Å². The van der Waals surface area contributed by atoms with E-state index in [2.05, 4.69) is 15.4 Å². The number of sulfonamides is 1. The lowest BCUT2D eigenvalue weighted by atomic mass is 10.1. The van der Waals surface area contributed by atoms with Crippen molar-refractivity contribution in [3.8, 4) is 0 Å². The minimum atomic E-state index is -3.66. The third-order valence-electron chi connectivity index (χ3n) is 3.30. The smallest absolute Gasteiger partial charge is 0.244 e. The van der Waals surface area contributed by atoms with Crippen LogP contribution in [0, 0.1) is 0 Å². The first-order chi connectivity index (χ1) is 10.5. The largest absolute Gasteiger partial charge is 0.364 e. The molecule has 2 aromatic rings. The fraction of sp³-hybridized carbons (Fsp3) is 0.133. The zero-order chi connectivity index (χ0) is 15.7. The second-order valence-electron chi connectivity index (χ2n) is 5.00. The topological polar surface area (TPSA) is 87.3 Å². The highest BCUT2D eigenvalue weighted by atomic mass is 32.2. The molecular formula is C15H15N3O3S. The molecule has 7 heteroatoms. The second-order valence-corrected chi connectivity index (χ2v) is 6.68. The van der Waals surface area contributed by atoms with Crippen molar-refractivity contribution >= 4 is 27.3 Å².